The van der Waals surface area contributed by atoms with E-state index < -0.39 is 18.1 Å². The Morgan fingerprint density at radius 2 is 1.90 bits per heavy atom. The molecule has 0 spiro atoms. The van der Waals surface area contributed by atoms with Gasteiger partial charge in [-0.25, -0.2) is 14.5 Å². The van der Waals surface area contributed by atoms with Crippen LogP contribution in [0.3, 0.4) is 0 Å². The third-order valence-corrected chi connectivity index (χ3v) is 4.82. The van der Waals surface area contributed by atoms with Crippen LogP contribution in [0.15, 0.2) is 42.7 Å². The highest BCUT2D eigenvalue weighted by Gasteiger charge is 2.41. The number of rotatable bonds is 6. The van der Waals surface area contributed by atoms with E-state index in [2.05, 4.69) is 10.1 Å². The number of carbonyl (C=O) groups excluding carboxylic acids is 1. The zero-order valence-corrected chi connectivity index (χ0v) is 18.4. The molecule has 2 heterocycles. The average Bonchev–Trinajstić information content (AvgIpc) is 3.15. The molecule has 0 saturated heterocycles. The number of esters is 1. The molecule has 0 fully saturated rings. The number of halogens is 2. The van der Waals surface area contributed by atoms with Gasteiger partial charge in [-0.2, -0.15) is 13.9 Å². The molecule has 0 aliphatic heterocycles. The lowest BCUT2D eigenvalue weighted by Crippen LogP contribution is -2.49. The van der Waals surface area contributed by atoms with Gasteiger partial charge < -0.3 is 10.5 Å². The van der Waals surface area contributed by atoms with Crippen molar-refractivity contribution >= 4 is 16.9 Å². The van der Waals surface area contributed by atoms with Crippen molar-refractivity contribution in [3.8, 4) is 11.3 Å². The van der Waals surface area contributed by atoms with Crippen LogP contribution in [0, 0.1) is 5.41 Å². The smallest absolute Gasteiger partial charge is 0.333 e. The Balaban J connectivity index is 2.01. The predicted octanol–water partition coefficient (Wildman–Crippen LogP) is 5.04. The van der Waals surface area contributed by atoms with Crippen LogP contribution in [0.1, 0.15) is 53.2 Å². The van der Waals surface area contributed by atoms with Crippen LogP contribution in [0.25, 0.3) is 22.2 Å². The van der Waals surface area contributed by atoms with Gasteiger partial charge in [0.05, 0.1) is 23.5 Å². The zero-order valence-electron chi connectivity index (χ0n) is 18.4. The predicted molar refractivity (Wildman–Crippen MR) is 115 cm³/mol. The monoisotopic (exact) mass is 430 g/mol. The van der Waals surface area contributed by atoms with Crippen molar-refractivity contribution in [3.05, 3.63) is 48.3 Å². The van der Waals surface area contributed by atoms with Gasteiger partial charge >= 0.3 is 12.5 Å². The second-order valence-electron chi connectivity index (χ2n) is 9.25. The molecule has 6 nitrogen and oxygen atoms in total. The molecule has 0 aliphatic rings. The van der Waals surface area contributed by atoms with Crippen molar-refractivity contribution in [2.75, 3.05) is 0 Å². The fourth-order valence-electron chi connectivity index (χ4n) is 3.59. The average molecular weight is 430 g/mol. The third kappa shape index (κ3) is 5.07. The molecule has 0 radical (unpaired) electrons. The van der Waals surface area contributed by atoms with Gasteiger partial charge in [0, 0.05) is 17.1 Å². The number of fused-ring (bicyclic) bond motifs is 1. The molecule has 2 aromatic heterocycles. The summed E-state index contributed by atoms with van der Waals surface area (Å²) in [5.74, 6) is -0.472. The van der Waals surface area contributed by atoms with E-state index in [1.54, 1.807) is 32.0 Å². The fraction of sp³-hybridized carbons (Fsp3) is 0.435. The lowest BCUT2D eigenvalue weighted by Gasteiger charge is -2.34. The van der Waals surface area contributed by atoms with Gasteiger partial charge in [0.15, 0.2) is 0 Å². The molecule has 0 bridgehead atoms. The maximum atomic E-state index is 13.0. The highest BCUT2D eigenvalue weighted by Crippen LogP contribution is 2.35. The van der Waals surface area contributed by atoms with E-state index in [-0.39, 0.29) is 11.5 Å². The first-order valence-electron chi connectivity index (χ1n) is 10.1. The normalized spacial score (nSPS) is 14.3. The molecule has 0 aliphatic carbocycles. The van der Waals surface area contributed by atoms with Crippen molar-refractivity contribution in [2.45, 2.75) is 59.2 Å². The molecule has 166 valence electrons. The maximum Gasteiger partial charge on any atom is 0.333 e. The summed E-state index contributed by atoms with van der Waals surface area (Å²) in [5.41, 5.74) is 7.45. The number of ether oxygens (including phenoxy) is 1. The first kappa shape index (κ1) is 22.8. The van der Waals surface area contributed by atoms with Gasteiger partial charge in [0.2, 0.25) is 0 Å². The topological polar surface area (TPSA) is 83.0 Å². The summed E-state index contributed by atoms with van der Waals surface area (Å²) in [5, 5.41) is 4.44. The number of pyridine rings is 1. The number of benzene rings is 1. The first-order chi connectivity index (χ1) is 14.4. The number of hydrogen-bond acceptors (Lipinski definition) is 5. The van der Waals surface area contributed by atoms with Crippen LogP contribution in [-0.2, 0) is 15.1 Å². The van der Waals surface area contributed by atoms with Crippen LogP contribution in [-0.4, -0.2) is 26.8 Å². The summed E-state index contributed by atoms with van der Waals surface area (Å²) >= 11 is 0. The Morgan fingerprint density at radius 1 is 1.19 bits per heavy atom. The lowest BCUT2D eigenvalue weighted by molar-refractivity contribution is -0.156. The van der Waals surface area contributed by atoms with E-state index in [0.29, 0.717) is 33.4 Å². The zero-order chi connectivity index (χ0) is 23.0. The fourth-order valence-corrected chi connectivity index (χ4v) is 3.59. The van der Waals surface area contributed by atoms with Crippen molar-refractivity contribution in [2.24, 2.45) is 11.1 Å². The van der Waals surface area contributed by atoms with Crippen molar-refractivity contribution in [1.29, 1.82) is 0 Å². The highest BCUT2D eigenvalue weighted by atomic mass is 19.3. The molecule has 2 N–H and O–H groups in total. The molecule has 1 unspecified atom stereocenters. The van der Waals surface area contributed by atoms with E-state index in [1.165, 1.54) is 12.4 Å². The Kier molecular flexibility index (Phi) is 6.14. The molecule has 1 atom stereocenters. The molecule has 3 aromatic rings. The van der Waals surface area contributed by atoms with Crippen LogP contribution in [0.4, 0.5) is 8.78 Å². The summed E-state index contributed by atoms with van der Waals surface area (Å²) in [6, 6.07) is 8.94. The standard InChI is InChI=1S/C23H28F2N4O2/c1-14(2)31-20(30)23(26,13-22(3,4)5)17-7-9-18-15(10-17)6-8-19(28-18)16-11-27-29(12-16)21(24)25/h6-12,14,21H,13,26H2,1-5H3. The van der Waals surface area contributed by atoms with Crippen LogP contribution in [0.5, 0.6) is 0 Å². The molecule has 0 saturated carbocycles. The van der Waals surface area contributed by atoms with Gasteiger partial charge in [-0.1, -0.05) is 32.9 Å². The Morgan fingerprint density at radius 3 is 2.48 bits per heavy atom. The largest absolute Gasteiger partial charge is 0.461 e. The van der Waals surface area contributed by atoms with Gasteiger partial charge in [0.1, 0.15) is 5.54 Å². The highest BCUT2D eigenvalue weighted by molar-refractivity contribution is 5.87. The molecule has 0 amide bonds. The molecule has 31 heavy (non-hydrogen) atoms. The summed E-state index contributed by atoms with van der Waals surface area (Å²) in [6.45, 7) is 6.93. The summed E-state index contributed by atoms with van der Waals surface area (Å²) < 4.78 is 31.7. The number of aromatic nitrogens is 3. The van der Waals surface area contributed by atoms with E-state index in [1.807, 2.05) is 32.9 Å². The molecule has 3 rings (SSSR count). The number of carbonyl (C=O) groups is 1. The van der Waals surface area contributed by atoms with Gasteiger partial charge in [0.25, 0.3) is 0 Å². The van der Waals surface area contributed by atoms with Crippen LogP contribution >= 0.6 is 0 Å². The number of nitrogens with zero attached hydrogens (tertiary/aromatic N) is 3. The quantitative estimate of drug-likeness (QED) is 0.554. The summed E-state index contributed by atoms with van der Waals surface area (Å²) in [6.07, 6.45) is 2.72. The van der Waals surface area contributed by atoms with Gasteiger partial charge in [-0.3, -0.25) is 0 Å². The second-order valence-corrected chi connectivity index (χ2v) is 9.25. The number of hydrogen-bond donors (Lipinski definition) is 1. The van der Waals surface area contributed by atoms with Gasteiger partial charge in [-0.15, -0.1) is 0 Å². The SMILES string of the molecule is CC(C)OC(=O)C(N)(CC(C)(C)C)c1ccc2nc(-c3cnn(C(F)F)c3)ccc2c1. The first-order valence-corrected chi connectivity index (χ1v) is 10.1. The van der Waals surface area contributed by atoms with E-state index in [0.717, 1.165) is 5.39 Å². The van der Waals surface area contributed by atoms with Gasteiger partial charge in [-0.05, 0) is 49.4 Å². The minimum absolute atomic E-state index is 0.216. The number of nitrogens with two attached hydrogens (primary N) is 1. The molecular weight excluding hydrogens is 402 g/mol. The van der Waals surface area contributed by atoms with E-state index >= 15 is 0 Å². The van der Waals surface area contributed by atoms with E-state index in [4.69, 9.17) is 10.5 Å². The Labute approximate surface area is 180 Å². The minimum Gasteiger partial charge on any atom is -0.461 e. The summed E-state index contributed by atoms with van der Waals surface area (Å²) in [7, 11) is 0. The van der Waals surface area contributed by atoms with Crippen molar-refractivity contribution < 1.29 is 18.3 Å². The summed E-state index contributed by atoms with van der Waals surface area (Å²) in [4.78, 5) is 17.5. The van der Waals surface area contributed by atoms with Crippen LogP contribution in [0.2, 0.25) is 0 Å². The minimum atomic E-state index is -2.71. The van der Waals surface area contributed by atoms with Crippen molar-refractivity contribution in [3.63, 3.8) is 0 Å². The Hall–Kier alpha value is -2.87. The molecular formula is C23H28F2N4O2. The lowest BCUT2D eigenvalue weighted by atomic mass is 9.76. The molecule has 8 heteroatoms. The Bertz CT molecular complexity index is 1090. The second kappa shape index (κ2) is 8.34. The van der Waals surface area contributed by atoms with Crippen molar-refractivity contribution in [1.82, 2.24) is 14.8 Å². The molecule has 1 aromatic carbocycles. The third-order valence-electron chi connectivity index (χ3n) is 4.82. The maximum absolute atomic E-state index is 13.0. The van der Waals surface area contributed by atoms with E-state index in [9.17, 15) is 13.6 Å². The number of alkyl halides is 2. The van der Waals surface area contributed by atoms with Crippen LogP contribution < -0.4 is 5.73 Å².